The highest BCUT2D eigenvalue weighted by Gasteiger charge is 2.36. The van der Waals surface area contributed by atoms with E-state index in [2.05, 4.69) is 34.1 Å². The summed E-state index contributed by atoms with van der Waals surface area (Å²) in [6.07, 6.45) is 3.05. The van der Waals surface area contributed by atoms with E-state index >= 15 is 0 Å². The average molecular weight is 561 g/mol. The van der Waals surface area contributed by atoms with Crippen LogP contribution < -0.4 is 5.32 Å². The normalized spacial score (nSPS) is 16.6. The van der Waals surface area contributed by atoms with Gasteiger partial charge in [-0.3, -0.25) is 0 Å². The van der Waals surface area contributed by atoms with Crippen molar-refractivity contribution in [2.75, 3.05) is 25.5 Å². The van der Waals surface area contributed by atoms with Gasteiger partial charge in [0.05, 0.1) is 30.5 Å². The predicted molar refractivity (Wildman–Crippen MR) is 154 cm³/mol. The van der Waals surface area contributed by atoms with Gasteiger partial charge in [-0.15, -0.1) is 11.3 Å². The van der Waals surface area contributed by atoms with Gasteiger partial charge in [-0.2, -0.15) is 0 Å². The number of carbonyl (C=O) groups is 2. The molecule has 0 unspecified atom stereocenters. The maximum Gasteiger partial charge on any atom is 0.338 e. The minimum absolute atomic E-state index is 0.246. The fraction of sp³-hybridized carbons (Fsp3) is 0.267. The number of amides is 2. The van der Waals surface area contributed by atoms with E-state index in [9.17, 15) is 9.59 Å². The highest BCUT2D eigenvalue weighted by Crippen LogP contribution is 2.43. The predicted octanol–water partition coefficient (Wildman–Crippen LogP) is 6.49. The van der Waals surface area contributed by atoms with Crippen molar-refractivity contribution in [1.82, 2.24) is 14.4 Å². The molecule has 4 aromatic rings. The number of fused-ring (bicyclic) bond motifs is 5. The molecule has 0 fully saturated rings. The van der Waals surface area contributed by atoms with Crippen LogP contribution in [0.15, 0.2) is 66.9 Å². The number of esters is 1. The molecule has 1 N–H and O–H groups in total. The van der Waals surface area contributed by atoms with E-state index in [1.165, 1.54) is 21.0 Å². The van der Waals surface area contributed by atoms with Crippen LogP contribution in [0.3, 0.4) is 0 Å². The molecular formula is C30H29ClN4O3S. The number of hydrogen-bond donors (Lipinski definition) is 1. The number of nitrogens with zero attached hydrogens (tertiary/aromatic N) is 3. The number of ether oxygens (including phenoxy) is 1. The van der Waals surface area contributed by atoms with E-state index in [0.29, 0.717) is 22.8 Å². The number of carbonyl (C=O) groups excluding carboxylic acids is 2. The van der Waals surface area contributed by atoms with Gasteiger partial charge in [-0.25, -0.2) is 9.59 Å². The minimum Gasteiger partial charge on any atom is -0.462 e. The summed E-state index contributed by atoms with van der Waals surface area (Å²) in [5, 5.41) is 4.88. The summed E-state index contributed by atoms with van der Waals surface area (Å²) in [5.74, 6) is -0.417. The van der Waals surface area contributed by atoms with Crippen LogP contribution in [0.1, 0.15) is 50.6 Å². The zero-order valence-electron chi connectivity index (χ0n) is 21.8. The van der Waals surface area contributed by atoms with Gasteiger partial charge in [-0.05, 0) is 74.0 Å². The van der Waals surface area contributed by atoms with E-state index in [1.807, 2.05) is 46.6 Å². The van der Waals surface area contributed by atoms with Crippen LogP contribution in [-0.4, -0.2) is 46.6 Å². The van der Waals surface area contributed by atoms with Crippen molar-refractivity contribution in [3.8, 4) is 5.00 Å². The molecule has 39 heavy (non-hydrogen) atoms. The molecule has 2 aromatic carbocycles. The van der Waals surface area contributed by atoms with Gasteiger partial charge < -0.3 is 24.4 Å². The van der Waals surface area contributed by atoms with Gasteiger partial charge in [0, 0.05) is 40.4 Å². The van der Waals surface area contributed by atoms with Crippen LogP contribution in [0.25, 0.3) is 5.00 Å². The quantitative estimate of drug-likeness (QED) is 0.290. The molecule has 0 saturated carbocycles. The summed E-state index contributed by atoms with van der Waals surface area (Å²) in [6.45, 7) is 4.42. The fourth-order valence-corrected chi connectivity index (χ4v) is 7.05. The molecule has 6 rings (SSSR count). The molecule has 4 heterocycles. The van der Waals surface area contributed by atoms with Crippen LogP contribution in [0, 0.1) is 0 Å². The molecular weight excluding hydrogens is 532 g/mol. The fourth-order valence-electron chi connectivity index (χ4n) is 5.48. The summed E-state index contributed by atoms with van der Waals surface area (Å²) in [4.78, 5) is 32.0. The lowest BCUT2D eigenvalue weighted by molar-refractivity contribution is 0.0526. The Morgan fingerprint density at radius 3 is 2.69 bits per heavy atom. The average Bonchev–Trinajstić information content (AvgIpc) is 3.51. The molecule has 0 bridgehead atoms. The van der Waals surface area contributed by atoms with E-state index in [-0.39, 0.29) is 18.7 Å². The van der Waals surface area contributed by atoms with Crippen molar-refractivity contribution in [2.45, 2.75) is 32.5 Å². The van der Waals surface area contributed by atoms with Gasteiger partial charge in [0.25, 0.3) is 0 Å². The number of thiophene rings is 1. The first kappa shape index (κ1) is 25.7. The number of hydrogen-bond acceptors (Lipinski definition) is 5. The third-order valence-electron chi connectivity index (χ3n) is 7.33. The first-order valence-electron chi connectivity index (χ1n) is 13.0. The number of halogens is 1. The molecule has 2 amide bonds. The third kappa shape index (κ3) is 4.84. The number of anilines is 1. The van der Waals surface area contributed by atoms with Crippen molar-refractivity contribution in [1.29, 1.82) is 0 Å². The Hall–Kier alpha value is -3.59. The van der Waals surface area contributed by atoms with Gasteiger partial charge in [0.2, 0.25) is 0 Å². The molecule has 2 aromatic heterocycles. The maximum atomic E-state index is 14.1. The first-order valence-corrected chi connectivity index (χ1v) is 14.2. The largest absolute Gasteiger partial charge is 0.462 e. The van der Waals surface area contributed by atoms with Gasteiger partial charge in [0.15, 0.2) is 0 Å². The van der Waals surface area contributed by atoms with Crippen LogP contribution in [0.2, 0.25) is 5.02 Å². The van der Waals surface area contributed by atoms with Gasteiger partial charge in [-0.1, -0.05) is 29.8 Å². The van der Waals surface area contributed by atoms with Crippen molar-refractivity contribution in [3.05, 3.63) is 105 Å². The molecule has 0 radical (unpaired) electrons. The summed E-state index contributed by atoms with van der Waals surface area (Å²) in [6, 6.07) is 18.1. The van der Waals surface area contributed by atoms with E-state index in [4.69, 9.17) is 16.3 Å². The van der Waals surface area contributed by atoms with E-state index in [1.54, 1.807) is 31.2 Å². The maximum absolute atomic E-state index is 14.1. The van der Waals surface area contributed by atoms with Crippen LogP contribution >= 0.6 is 22.9 Å². The molecule has 7 nitrogen and oxygen atoms in total. The number of rotatable bonds is 4. The highest BCUT2D eigenvalue weighted by atomic mass is 35.5. The summed E-state index contributed by atoms with van der Waals surface area (Å²) in [5.41, 5.74) is 5.47. The van der Waals surface area contributed by atoms with Crippen LogP contribution in [0.4, 0.5) is 10.5 Å². The molecule has 0 saturated heterocycles. The Morgan fingerprint density at radius 1 is 1.08 bits per heavy atom. The summed E-state index contributed by atoms with van der Waals surface area (Å²) >= 11 is 8.06. The van der Waals surface area contributed by atoms with Crippen molar-refractivity contribution < 1.29 is 14.3 Å². The second-order valence-corrected chi connectivity index (χ2v) is 11.4. The standard InChI is InChI=1S/C30H29ClN4O3S/c1-3-38-29(36)20-6-4-7-22(16-20)32-30(37)35-17-24-23-13-15-33(2)18-26(23)39-28(24)34-14-5-8-25(34)27(35)19-9-11-21(31)12-10-19/h4-12,14,16,27H,3,13,15,17-18H2,1-2H3,(H,32,37)/t27-/m1/s1. The zero-order valence-corrected chi connectivity index (χ0v) is 23.4. The highest BCUT2D eigenvalue weighted by molar-refractivity contribution is 7.15. The zero-order chi connectivity index (χ0) is 27.1. The molecule has 2 aliphatic rings. The van der Waals surface area contributed by atoms with E-state index < -0.39 is 5.97 Å². The smallest absolute Gasteiger partial charge is 0.338 e. The topological polar surface area (TPSA) is 66.8 Å². The molecule has 0 aliphatic carbocycles. The number of urea groups is 1. The monoisotopic (exact) mass is 560 g/mol. The summed E-state index contributed by atoms with van der Waals surface area (Å²) < 4.78 is 7.39. The number of aromatic nitrogens is 1. The Morgan fingerprint density at radius 2 is 1.90 bits per heavy atom. The number of nitrogens with one attached hydrogen (secondary N) is 1. The van der Waals surface area contributed by atoms with E-state index in [0.717, 1.165) is 30.8 Å². The van der Waals surface area contributed by atoms with Crippen LogP contribution in [-0.2, 0) is 24.2 Å². The molecule has 9 heteroatoms. The lowest BCUT2D eigenvalue weighted by Crippen LogP contribution is -2.38. The van der Waals surface area contributed by atoms with Crippen LogP contribution in [0.5, 0.6) is 0 Å². The Balaban J connectivity index is 1.43. The second kappa shape index (κ2) is 10.5. The van der Waals surface area contributed by atoms with Gasteiger partial charge >= 0.3 is 12.0 Å². The first-order chi connectivity index (χ1) is 18.9. The van der Waals surface area contributed by atoms with Crippen molar-refractivity contribution in [3.63, 3.8) is 0 Å². The summed E-state index contributed by atoms with van der Waals surface area (Å²) in [7, 11) is 2.15. The van der Waals surface area contributed by atoms with Gasteiger partial charge in [0.1, 0.15) is 5.00 Å². The lowest BCUT2D eigenvalue weighted by atomic mass is 10.0. The SMILES string of the molecule is CCOC(=O)c1cccc(NC(=O)N2Cc3c(sc4c3CCN(C)C4)-n3cccc3[C@H]2c2ccc(Cl)cc2)c1. The molecule has 2 aliphatic heterocycles. The third-order valence-corrected chi connectivity index (χ3v) is 8.84. The Kier molecular flexibility index (Phi) is 6.93. The number of likely N-dealkylation sites (N-methyl/N-ethyl adjacent to an activating group) is 1. The Labute approximate surface area is 236 Å². The number of benzene rings is 2. The minimum atomic E-state index is -0.417. The lowest BCUT2D eigenvalue weighted by Gasteiger charge is -2.32. The van der Waals surface area contributed by atoms with Crippen molar-refractivity contribution in [2.24, 2.45) is 0 Å². The molecule has 0 spiro atoms. The van der Waals surface area contributed by atoms with Crippen molar-refractivity contribution >= 4 is 40.6 Å². The Bertz CT molecular complexity index is 1540. The second-order valence-electron chi connectivity index (χ2n) is 9.89. The molecule has 200 valence electrons. The molecule has 1 atom stereocenters.